The number of hydrogen-bond acceptors (Lipinski definition) is 4. The predicted octanol–water partition coefficient (Wildman–Crippen LogP) is 5.19. The van der Waals surface area contributed by atoms with Crippen molar-refractivity contribution in [2.45, 2.75) is 57.3 Å². The van der Waals surface area contributed by atoms with E-state index in [1.807, 2.05) is 12.1 Å². The average Bonchev–Trinajstić information content (AvgIpc) is 3.08. The molecular weight excluding hydrogens is 447 g/mol. The van der Waals surface area contributed by atoms with Crippen molar-refractivity contribution in [3.63, 3.8) is 0 Å². The quantitative estimate of drug-likeness (QED) is 0.440. The molecule has 5 nitrogen and oxygen atoms in total. The lowest BCUT2D eigenvalue weighted by Crippen LogP contribution is -2.50. The summed E-state index contributed by atoms with van der Waals surface area (Å²) in [6.07, 6.45) is 6.16. The summed E-state index contributed by atoms with van der Waals surface area (Å²) >= 11 is 0. The number of esters is 1. The van der Waals surface area contributed by atoms with Gasteiger partial charge in [0.2, 0.25) is 0 Å². The molecule has 2 atom stereocenters. The number of alkyl halides is 3. The Balaban J connectivity index is 1.88. The van der Waals surface area contributed by atoms with Crippen LogP contribution in [0.3, 0.4) is 0 Å². The first kappa shape index (κ1) is 23.7. The molecule has 3 heterocycles. The molecule has 2 saturated heterocycles. The molecule has 3 aliphatic heterocycles. The van der Waals surface area contributed by atoms with E-state index in [-0.39, 0.29) is 5.56 Å². The molecular formula is C26H24F3NO4. The summed E-state index contributed by atoms with van der Waals surface area (Å²) in [5, 5.41) is 0. The minimum absolute atomic E-state index is 0.251. The Kier molecular flexibility index (Phi) is 6.30. The van der Waals surface area contributed by atoms with E-state index in [2.05, 4.69) is 5.92 Å². The highest BCUT2D eigenvalue weighted by Crippen LogP contribution is 2.50. The molecule has 0 saturated carbocycles. The molecule has 2 bridgehead atoms. The molecule has 0 N–H and O–H groups in total. The van der Waals surface area contributed by atoms with Crippen molar-refractivity contribution < 1.29 is 32.2 Å². The molecule has 1 aromatic rings. The zero-order valence-electron chi connectivity index (χ0n) is 18.9. The number of terminal acetylenes is 1. The standard InChI is InChI=1S/C26H24F3NO4/c1-4-6-8-18-21(5-2)34-23-19(9-7-10-20(23)24(31)33-3)22(18)15-13-16-11-12-17(14-15)30(16)25(32)26(27,28)29/h1,5,7-10,16-17H,6,11-14H2,2-3H3/b18-8+,21-5+,22-15?. The maximum absolute atomic E-state index is 13.2. The number of rotatable bonds is 2. The topological polar surface area (TPSA) is 55.8 Å². The number of fused-ring (bicyclic) bond motifs is 3. The van der Waals surface area contributed by atoms with Crippen LogP contribution in [0.1, 0.15) is 54.9 Å². The number of nitrogens with zero attached hydrogens (tertiary/aromatic N) is 1. The van der Waals surface area contributed by atoms with Gasteiger partial charge in [0, 0.05) is 29.6 Å². The van der Waals surface area contributed by atoms with Gasteiger partial charge in [-0.15, -0.1) is 12.3 Å². The molecule has 1 amide bonds. The van der Waals surface area contributed by atoms with E-state index in [1.54, 1.807) is 25.1 Å². The first-order valence-electron chi connectivity index (χ1n) is 11.0. The molecule has 4 rings (SSSR count). The Labute approximate surface area is 195 Å². The highest BCUT2D eigenvalue weighted by atomic mass is 19.4. The molecule has 0 radical (unpaired) electrons. The Morgan fingerprint density at radius 1 is 1.26 bits per heavy atom. The van der Waals surface area contributed by atoms with Crippen molar-refractivity contribution in [1.29, 1.82) is 0 Å². The van der Waals surface area contributed by atoms with Crippen molar-refractivity contribution in [3.05, 3.63) is 58.4 Å². The number of piperidine rings is 1. The first-order chi connectivity index (χ1) is 16.2. The highest BCUT2D eigenvalue weighted by Gasteiger charge is 2.51. The lowest BCUT2D eigenvalue weighted by molar-refractivity contribution is -0.189. The van der Waals surface area contributed by atoms with Gasteiger partial charge in [0.1, 0.15) is 17.1 Å². The van der Waals surface area contributed by atoms with Crippen LogP contribution in [0.25, 0.3) is 5.57 Å². The number of amides is 1. The maximum Gasteiger partial charge on any atom is 0.471 e. The van der Waals surface area contributed by atoms with Gasteiger partial charge < -0.3 is 14.4 Å². The third kappa shape index (κ3) is 4.00. The van der Waals surface area contributed by atoms with Crippen molar-refractivity contribution in [3.8, 4) is 18.1 Å². The molecule has 8 heteroatoms. The molecule has 0 aliphatic carbocycles. The number of halogens is 3. The zero-order valence-corrected chi connectivity index (χ0v) is 18.9. The number of methoxy groups -OCH3 is 1. The van der Waals surface area contributed by atoms with Gasteiger partial charge >= 0.3 is 18.1 Å². The molecule has 34 heavy (non-hydrogen) atoms. The number of allylic oxidation sites excluding steroid dienone is 3. The summed E-state index contributed by atoms with van der Waals surface area (Å²) in [5.41, 5.74) is 3.36. The number of carbonyl (C=O) groups excluding carboxylic acids is 2. The monoisotopic (exact) mass is 471 g/mol. The van der Waals surface area contributed by atoms with E-state index >= 15 is 0 Å². The molecule has 0 spiro atoms. The Hall–Kier alpha value is -3.47. The summed E-state index contributed by atoms with van der Waals surface area (Å²) in [7, 11) is 1.28. The van der Waals surface area contributed by atoms with Gasteiger partial charge in [0.15, 0.2) is 0 Å². The summed E-state index contributed by atoms with van der Waals surface area (Å²) in [5.74, 6) is 1.09. The van der Waals surface area contributed by atoms with Crippen LogP contribution in [0, 0.1) is 12.3 Å². The fraction of sp³-hybridized carbons (Fsp3) is 0.385. The fourth-order valence-corrected chi connectivity index (χ4v) is 5.20. The minimum atomic E-state index is -4.90. The third-order valence-corrected chi connectivity index (χ3v) is 6.54. The average molecular weight is 471 g/mol. The van der Waals surface area contributed by atoms with Crippen LogP contribution in [0.4, 0.5) is 13.2 Å². The van der Waals surface area contributed by atoms with Gasteiger partial charge in [0.05, 0.1) is 7.11 Å². The SMILES string of the molecule is C#CC/C=C1/C(=C2CC3CCC(C2)N3C(=O)C(F)(F)F)c2cccc(C(=O)OC)c2O/C1=C/C. The summed E-state index contributed by atoms with van der Waals surface area (Å²) in [4.78, 5) is 25.5. The number of ether oxygens (including phenoxy) is 2. The van der Waals surface area contributed by atoms with Crippen LogP contribution in [0.15, 0.2) is 47.3 Å². The van der Waals surface area contributed by atoms with E-state index in [1.165, 1.54) is 7.11 Å². The van der Waals surface area contributed by atoms with Crippen LogP contribution in [0.5, 0.6) is 5.75 Å². The second kappa shape index (κ2) is 9.05. The third-order valence-electron chi connectivity index (χ3n) is 6.54. The van der Waals surface area contributed by atoms with Crippen molar-refractivity contribution in [1.82, 2.24) is 4.90 Å². The minimum Gasteiger partial charge on any atom is -0.465 e. The number of carbonyl (C=O) groups is 2. The molecule has 1 aromatic carbocycles. The van der Waals surface area contributed by atoms with Crippen molar-refractivity contribution >= 4 is 17.4 Å². The highest BCUT2D eigenvalue weighted by molar-refractivity contribution is 5.99. The molecule has 0 aromatic heterocycles. The lowest BCUT2D eigenvalue weighted by Gasteiger charge is -2.38. The van der Waals surface area contributed by atoms with E-state index < -0.39 is 30.1 Å². The van der Waals surface area contributed by atoms with Gasteiger partial charge in [-0.2, -0.15) is 13.2 Å². The number of benzene rings is 1. The van der Waals surface area contributed by atoms with Gasteiger partial charge in [-0.1, -0.05) is 23.8 Å². The zero-order chi connectivity index (χ0) is 24.6. The Morgan fingerprint density at radius 3 is 2.50 bits per heavy atom. The van der Waals surface area contributed by atoms with Gasteiger partial charge in [0.25, 0.3) is 0 Å². The summed E-state index contributed by atoms with van der Waals surface area (Å²) < 4.78 is 50.7. The van der Waals surface area contributed by atoms with Crippen LogP contribution >= 0.6 is 0 Å². The molecule has 3 aliphatic rings. The predicted molar refractivity (Wildman–Crippen MR) is 120 cm³/mol. The molecule has 2 unspecified atom stereocenters. The summed E-state index contributed by atoms with van der Waals surface area (Å²) in [6.45, 7) is 1.79. The maximum atomic E-state index is 13.2. The Bertz CT molecular complexity index is 1150. The van der Waals surface area contributed by atoms with Crippen LogP contribution in [-0.2, 0) is 9.53 Å². The summed E-state index contributed by atoms with van der Waals surface area (Å²) in [6, 6.07) is 4.06. The van der Waals surface area contributed by atoms with Gasteiger partial charge in [-0.25, -0.2) is 4.79 Å². The Morgan fingerprint density at radius 2 is 1.94 bits per heavy atom. The van der Waals surface area contributed by atoms with Crippen molar-refractivity contribution in [2.75, 3.05) is 7.11 Å². The number of hydrogen-bond donors (Lipinski definition) is 0. The van der Waals surface area contributed by atoms with E-state index in [0.29, 0.717) is 49.2 Å². The number of para-hydroxylation sites is 1. The van der Waals surface area contributed by atoms with Crippen LogP contribution in [0.2, 0.25) is 0 Å². The van der Waals surface area contributed by atoms with Crippen molar-refractivity contribution in [2.24, 2.45) is 0 Å². The second-order valence-electron chi connectivity index (χ2n) is 8.44. The lowest BCUT2D eigenvalue weighted by atomic mass is 9.82. The van der Waals surface area contributed by atoms with Gasteiger partial charge in [-0.05, 0) is 50.3 Å². The van der Waals surface area contributed by atoms with E-state index in [9.17, 15) is 22.8 Å². The van der Waals surface area contributed by atoms with Gasteiger partial charge in [-0.3, -0.25) is 4.79 Å². The van der Waals surface area contributed by atoms with E-state index in [0.717, 1.165) is 21.6 Å². The fourth-order valence-electron chi connectivity index (χ4n) is 5.20. The van der Waals surface area contributed by atoms with E-state index in [4.69, 9.17) is 15.9 Å². The second-order valence-corrected chi connectivity index (χ2v) is 8.44. The van der Waals surface area contributed by atoms with Crippen LogP contribution < -0.4 is 4.74 Å². The normalized spacial score (nSPS) is 24.1. The largest absolute Gasteiger partial charge is 0.471 e. The first-order valence-corrected chi connectivity index (χ1v) is 11.0. The molecule has 2 fully saturated rings. The smallest absolute Gasteiger partial charge is 0.465 e. The molecule has 178 valence electrons. The van der Waals surface area contributed by atoms with Crippen LogP contribution in [-0.4, -0.2) is 42.1 Å².